The highest BCUT2D eigenvalue weighted by atomic mass is 19.1. The molecule has 0 bridgehead atoms. The summed E-state index contributed by atoms with van der Waals surface area (Å²) in [5, 5.41) is 15.7. The first-order valence-electron chi connectivity index (χ1n) is 11.5. The fourth-order valence-electron chi connectivity index (χ4n) is 4.00. The summed E-state index contributed by atoms with van der Waals surface area (Å²) in [7, 11) is 2.08. The van der Waals surface area contributed by atoms with E-state index >= 15 is 0 Å². The number of hydrogen-bond acceptors (Lipinski definition) is 7. The van der Waals surface area contributed by atoms with Crippen LogP contribution in [-0.4, -0.2) is 57.7 Å². The third-order valence-electron chi connectivity index (χ3n) is 6.33. The van der Waals surface area contributed by atoms with Crippen LogP contribution in [0.15, 0.2) is 64.3 Å². The highest BCUT2D eigenvalue weighted by Crippen LogP contribution is 2.47. The van der Waals surface area contributed by atoms with Gasteiger partial charge in [-0.2, -0.15) is 5.26 Å². The lowest BCUT2D eigenvalue weighted by atomic mass is 9.97. The molecule has 0 amide bonds. The SMILES string of the molecule is C=N/C(=C\C=NCNc1ccc(N2CCN(C)CC2)c(F)c1)Nc1cccc(C2(C#N)CC2)c1. The zero-order chi connectivity index (χ0) is 24.0. The molecule has 8 heteroatoms. The van der Waals surface area contributed by atoms with Crippen LogP contribution in [0, 0.1) is 17.1 Å². The summed E-state index contributed by atoms with van der Waals surface area (Å²) in [4.78, 5) is 12.6. The van der Waals surface area contributed by atoms with Crippen LogP contribution in [0.25, 0.3) is 0 Å². The largest absolute Gasteiger partial charge is 0.367 e. The van der Waals surface area contributed by atoms with Gasteiger partial charge < -0.3 is 20.4 Å². The lowest BCUT2D eigenvalue weighted by Crippen LogP contribution is -2.44. The molecule has 2 N–H and O–H groups in total. The van der Waals surface area contributed by atoms with Crippen LogP contribution in [0.2, 0.25) is 0 Å². The molecule has 1 aliphatic heterocycles. The summed E-state index contributed by atoms with van der Waals surface area (Å²) >= 11 is 0. The number of piperazine rings is 1. The fraction of sp³-hybridized carbons (Fsp3) is 0.346. The van der Waals surface area contributed by atoms with Crippen molar-refractivity contribution in [3.05, 3.63) is 65.7 Å². The zero-order valence-corrected chi connectivity index (χ0v) is 19.5. The molecule has 176 valence electrons. The maximum atomic E-state index is 14.6. The Balaban J connectivity index is 1.30. The van der Waals surface area contributed by atoms with Crippen LogP contribution in [0.4, 0.5) is 21.5 Å². The second-order valence-electron chi connectivity index (χ2n) is 8.73. The van der Waals surface area contributed by atoms with Crippen LogP contribution >= 0.6 is 0 Å². The van der Waals surface area contributed by atoms with E-state index in [0.717, 1.165) is 50.3 Å². The second kappa shape index (κ2) is 10.5. The number of nitrogens with one attached hydrogen (secondary N) is 2. The summed E-state index contributed by atoms with van der Waals surface area (Å²) in [6.45, 7) is 7.43. The van der Waals surface area contributed by atoms with Crippen molar-refractivity contribution < 1.29 is 4.39 Å². The van der Waals surface area contributed by atoms with E-state index in [9.17, 15) is 9.65 Å². The molecule has 1 heterocycles. The standard InChI is InChI=1S/C26H30FN7/c1-29-25(32-22-5-3-4-20(16-22)26(18-28)9-10-26)8-11-30-19-31-21-6-7-24(23(27)17-21)34-14-12-33(2)13-15-34/h3-8,11,16-17,31-32H,1,9-10,12-15,19H2,2H3/b25-8+,30-11?. The van der Waals surface area contributed by atoms with Gasteiger partial charge in [-0.25, -0.2) is 9.38 Å². The van der Waals surface area contributed by atoms with E-state index in [4.69, 9.17) is 0 Å². The predicted octanol–water partition coefficient (Wildman–Crippen LogP) is 4.23. The van der Waals surface area contributed by atoms with Crippen molar-refractivity contribution in [1.29, 1.82) is 5.26 Å². The number of benzene rings is 2. The van der Waals surface area contributed by atoms with Crippen molar-refractivity contribution in [3.63, 3.8) is 0 Å². The van der Waals surface area contributed by atoms with Gasteiger partial charge in [0.05, 0.1) is 17.2 Å². The normalized spacial score (nSPS) is 17.9. The summed E-state index contributed by atoms with van der Waals surface area (Å²) in [6, 6.07) is 15.5. The quantitative estimate of drug-likeness (QED) is 0.549. The molecule has 4 rings (SSSR count). The number of nitrogens with zero attached hydrogens (tertiary/aromatic N) is 5. The minimum atomic E-state index is -0.335. The maximum absolute atomic E-state index is 14.6. The average Bonchev–Trinajstić information content (AvgIpc) is 3.66. The van der Waals surface area contributed by atoms with Gasteiger partial charge in [0.2, 0.25) is 0 Å². The van der Waals surface area contributed by atoms with Crippen LogP contribution < -0.4 is 15.5 Å². The molecule has 1 saturated heterocycles. The van der Waals surface area contributed by atoms with Crippen molar-refractivity contribution in [2.45, 2.75) is 18.3 Å². The van der Waals surface area contributed by atoms with Gasteiger partial charge in [0.1, 0.15) is 18.3 Å². The molecule has 1 saturated carbocycles. The molecule has 2 fully saturated rings. The smallest absolute Gasteiger partial charge is 0.148 e. The van der Waals surface area contributed by atoms with Crippen LogP contribution in [0.1, 0.15) is 18.4 Å². The number of hydrogen-bond donors (Lipinski definition) is 2. The number of halogens is 1. The summed E-state index contributed by atoms with van der Waals surface area (Å²) in [5.74, 6) is 0.317. The number of rotatable bonds is 9. The van der Waals surface area contributed by atoms with Crippen LogP contribution in [0.3, 0.4) is 0 Å². The Morgan fingerprint density at radius 3 is 2.65 bits per heavy atom. The van der Waals surface area contributed by atoms with Crippen LogP contribution in [-0.2, 0) is 5.41 Å². The molecule has 7 nitrogen and oxygen atoms in total. The fourth-order valence-corrected chi connectivity index (χ4v) is 4.00. The van der Waals surface area contributed by atoms with Crippen molar-refractivity contribution in [2.24, 2.45) is 9.98 Å². The lowest BCUT2D eigenvalue weighted by molar-refractivity contribution is 0.311. The predicted molar refractivity (Wildman–Crippen MR) is 137 cm³/mol. The number of allylic oxidation sites excluding steroid dienone is 1. The van der Waals surface area contributed by atoms with Crippen molar-refractivity contribution in [1.82, 2.24) is 4.90 Å². The molecule has 0 unspecified atom stereocenters. The van der Waals surface area contributed by atoms with Gasteiger partial charge in [0.25, 0.3) is 0 Å². The van der Waals surface area contributed by atoms with Gasteiger partial charge in [-0.1, -0.05) is 12.1 Å². The lowest BCUT2D eigenvalue weighted by Gasteiger charge is -2.34. The molecule has 1 aliphatic carbocycles. The Kier molecular flexibility index (Phi) is 7.24. The molecular weight excluding hydrogens is 429 g/mol. The molecule has 34 heavy (non-hydrogen) atoms. The minimum Gasteiger partial charge on any atom is -0.367 e. The van der Waals surface area contributed by atoms with Gasteiger partial charge in [0.15, 0.2) is 0 Å². The molecule has 0 spiro atoms. The monoisotopic (exact) mass is 459 g/mol. The topological polar surface area (TPSA) is 79.1 Å². The van der Waals surface area contributed by atoms with Gasteiger partial charge in [0, 0.05) is 43.8 Å². The summed E-state index contributed by atoms with van der Waals surface area (Å²) in [6.07, 6.45) is 5.14. The van der Waals surface area contributed by atoms with E-state index in [-0.39, 0.29) is 11.2 Å². The van der Waals surface area contributed by atoms with Crippen molar-refractivity contribution in [3.8, 4) is 6.07 Å². The number of nitriles is 1. The van der Waals surface area contributed by atoms with Gasteiger partial charge in [-0.3, -0.25) is 4.99 Å². The highest BCUT2D eigenvalue weighted by molar-refractivity contribution is 5.74. The Bertz CT molecular complexity index is 1120. The molecular formula is C26H30FN7. The average molecular weight is 460 g/mol. The van der Waals surface area contributed by atoms with E-state index in [0.29, 0.717) is 23.9 Å². The zero-order valence-electron chi connectivity index (χ0n) is 19.5. The molecule has 2 aromatic rings. The first-order valence-corrected chi connectivity index (χ1v) is 11.5. The van der Waals surface area contributed by atoms with E-state index in [2.05, 4.69) is 50.3 Å². The Morgan fingerprint density at radius 2 is 1.97 bits per heavy atom. The Hall–Kier alpha value is -3.70. The molecule has 0 aromatic heterocycles. The van der Waals surface area contributed by atoms with Gasteiger partial charge >= 0.3 is 0 Å². The Morgan fingerprint density at radius 1 is 1.18 bits per heavy atom. The van der Waals surface area contributed by atoms with Gasteiger partial charge in [-0.05, 0) is 68.6 Å². The van der Waals surface area contributed by atoms with E-state index < -0.39 is 0 Å². The third-order valence-corrected chi connectivity index (χ3v) is 6.33. The second-order valence-corrected chi connectivity index (χ2v) is 8.73. The van der Waals surface area contributed by atoms with Crippen LogP contribution in [0.5, 0.6) is 0 Å². The molecule has 0 radical (unpaired) electrons. The number of aliphatic imine (C=N–C) groups is 2. The van der Waals surface area contributed by atoms with E-state index in [1.165, 1.54) is 6.07 Å². The molecule has 2 aromatic carbocycles. The summed E-state index contributed by atoms with van der Waals surface area (Å²) < 4.78 is 14.6. The first kappa shape index (κ1) is 23.5. The Labute approximate surface area is 200 Å². The molecule has 0 atom stereocenters. The van der Waals surface area contributed by atoms with E-state index in [1.54, 1.807) is 12.3 Å². The summed E-state index contributed by atoms with van der Waals surface area (Å²) in [5.41, 5.74) is 2.86. The maximum Gasteiger partial charge on any atom is 0.148 e. The number of anilines is 3. The number of likely N-dealkylation sites (N-methyl/N-ethyl adjacent to an activating group) is 1. The highest BCUT2D eigenvalue weighted by Gasteiger charge is 2.44. The first-order chi connectivity index (χ1) is 16.5. The minimum absolute atomic E-state index is 0.229. The third kappa shape index (κ3) is 5.61. The van der Waals surface area contributed by atoms with Crippen molar-refractivity contribution >= 4 is 30.0 Å². The molecule has 2 aliphatic rings. The van der Waals surface area contributed by atoms with E-state index in [1.807, 2.05) is 36.4 Å². The van der Waals surface area contributed by atoms with Crippen molar-refractivity contribution in [2.75, 3.05) is 55.4 Å². The van der Waals surface area contributed by atoms with Gasteiger partial charge in [-0.15, -0.1) is 0 Å².